The first-order chi connectivity index (χ1) is 8.90. The number of benzene rings is 1. The molecule has 0 aliphatic carbocycles. The average Bonchev–Trinajstić information content (AvgIpc) is 2.40. The number of amides is 1. The lowest BCUT2D eigenvalue weighted by Crippen LogP contribution is -2.37. The topological polar surface area (TPSA) is 55.1 Å². The lowest BCUT2D eigenvalue weighted by molar-refractivity contribution is 0.100. The van der Waals surface area contributed by atoms with Crippen molar-refractivity contribution in [2.24, 2.45) is 5.73 Å². The Balaban J connectivity index is 3.28. The van der Waals surface area contributed by atoms with Crippen molar-refractivity contribution in [3.05, 3.63) is 27.7 Å². The van der Waals surface area contributed by atoms with Crippen molar-refractivity contribution >= 4 is 34.8 Å². The number of anilines is 1. The fourth-order valence-electron chi connectivity index (χ4n) is 2.20. The molecule has 19 heavy (non-hydrogen) atoms. The summed E-state index contributed by atoms with van der Waals surface area (Å²) < 4.78 is 0. The van der Waals surface area contributed by atoms with E-state index in [0.29, 0.717) is 10.7 Å². The summed E-state index contributed by atoms with van der Waals surface area (Å²) in [5.41, 5.74) is 6.24. The number of rotatable bonds is 6. The van der Waals surface area contributed by atoms with Crippen molar-refractivity contribution in [2.75, 3.05) is 5.32 Å². The van der Waals surface area contributed by atoms with Gasteiger partial charge in [-0.25, -0.2) is 0 Å². The molecule has 1 rings (SSSR count). The van der Waals surface area contributed by atoms with Crippen LogP contribution in [-0.2, 0) is 0 Å². The van der Waals surface area contributed by atoms with Gasteiger partial charge in [0.15, 0.2) is 0 Å². The van der Waals surface area contributed by atoms with Crippen LogP contribution in [0.25, 0.3) is 0 Å². The summed E-state index contributed by atoms with van der Waals surface area (Å²) in [4.78, 5) is 11.6. The highest BCUT2D eigenvalue weighted by Gasteiger charge is 2.26. The Morgan fingerprint density at radius 2 is 1.74 bits per heavy atom. The van der Waals surface area contributed by atoms with E-state index in [1.807, 2.05) is 0 Å². The maximum Gasteiger partial charge on any atom is 0.252 e. The lowest BCUT2D eigenvalue weighted by atomic mass is 9.89. The van der Waals surface area contributed by atoms with Crippen LogP contribution in [0, 0.1) is 0 Å². The molecule has 0 aromatic heterocycles. The number of halogens is 2. The van der Waals surface area contributed by atoms with E-state index in [4.69, 9.17) is 28.9 Å². The van der Waals surface area contributed by atoms with E-state index in [2.05, 4.69) is 26.1 Å². The SMILES string of the molecule is CCC(CC)(CC)Nc1ccc(Cl)c(Cl)c1C(N)=O. The van der Waals surface area contributed by atoms with Gasteiger partial charge in [-0.3, -0.25) is 4.79 Å². The number of nitrogens with two attached hydrogens (primary N) is 1. The molecular formula is C14H20Cl2N2O. The van der Waals surface area contributed by atoms with Gasteiger partial charge < -0.3 is 11.1 Å². The minimum Gasteiger partial charge on any atom is -0.379 e. The number of primary amides is 1. The molecule has 0 bridgehead atoms. The third-order valence-electron chi connectivity index (χ3n) is 3.77. The van der Waals surface area contributed by atoms with Crippen LogP contribution in [0.1, 0.15) is 50.4 Å². The Morgan fingerprint density at radius 3 is 2.16 bits per heavy atom. The first kappa shape index (κ1) is 16.1. The van der Waals surface area contributed by atoms with Crippen LogP contribution < -0.4 is 11.1 Å². The number of nitrogens with one attached hydrogen (secondary N) is 1. The summed E-state index contributed by atoms with van der Waals surface area (Å²) in [6, 6.07) is 3.43. The third-order valence-corrected chi connectivity index (χ3v) is 4.58. The summed E-state index contributed by atoms with van der Waals surface area (Å²) in [6.07, 6.45) is 2.83. The molecule has 5 heteroatoms. The molecule has 0 aliphatic rings. The van der Waals surface area contributed by atoms with E-state index in [0.717, 1.165) is 19.3 Å². The molecule has 0 aliphatic heterocycles. The Bertz CT molecular complexity index is 462. The van der Waals surface area contributed by atoms with Gasteiger partial charge in [0.1, 0.15) is 0 Å². The third kappa shape index (κ3) is 3.34. The highest BCUT2D eigenvalue weighted by molar-refractivity contribution is 6.44. The Kier molecular flexibility index (Phi) is 5.50. The first-order valence-corrected chi connectivity index (χ1v) is 7.22. The number of carbonyl (C=O) groups excluding carboxylic acids is 1. The zero-order valence-corrected chi connectivity index (χ0v) is 13.0. The van der Waals surface area contributed by atoms with Crippen molar-refractivity contribution in [1.29, 1.82) is 0 Å². The van der Waals surface area contributed by atoms with Crippen LogP contribution >= 0.6 is 23.2 Å². The molecule has 0 atom stereocenters. The van der Waals surface area contributed by atoms with E-state index < -0.39 is 5.91 Å². The van der Waals surface area contributed by atoms with Crippen molar-refractivity contribution in [2.45, 2.75) is 45.6 Å². The standard InChI is InChI=1S/C14H20Cl2N2O/c1-4-14(5-2,6-3)18-10-8-7-9(15)12(16)11(10)13(17)19/h7-8,18H,4-6H2,1-3H3,(H2,17,19). The molecule has 3 N–H and O–H groups in total. The van der Waals surface area contributed by atoms with Crippen LogP contribution in [0.5, 0.6) is 0 Å². The average molecular weight is 303 g/mol. The smallest absolute Gasteiger partial charge is 0.252 e. The van der Waals surface area contributed by atoms with Gasteiger partial charge in [0.25, 0.3) is 5.91 Å². The van der Waals surface area contributed by atoms with Crippen LogP contribution in [0.2, 0.25) is 10.0 Å². The van der Waals surface area contributed by atoms with Crippen molar-refractivity contribution < 1.29 is 4.79 Å². The summed E-state index contributed by atoms with van der Waals surface area (Å²) in [6.45, 7) is 6.34. The van der Waals surface area contributed by atoms with Gasteiger partial charge in [-0.1, -0.05) is 44.0 Å². The highest BCUT2D eigenvalue weighted by atomic mass is 35.5. The number of carbonyl (C=O) groups is 1. The summed E-state index contributed by atoms with van der Waals surface area (Å²) in [5, 5.41) is 3.95. The fourth-order valence-corrected chi connectivity index (χ4v) is 2.61. The van der Waals surface area contributed by atoms with Crippen molar-refractivity contribution in [3.8, 4) is 0 Å². The zero-order valence-electron chi connectivity index (χ0n) is 11.5. The van der Waals surface area contributed by atoms with Crippen LogP contribution in [0.15, 0.2) is 12.1 Å². The Labute approximate surface area is 124 Å². The van der Waals surface area contributed by atoms with E-state index in [-0.39, 0.29) is 16.1 Å². The normalized spacial score (nSPS) is 11.4. The second-order valence-corrected chi connectivity index (χ2v) is 5.40. The number of hydrogen-bond acceptors (Lipinski definition) is 2. The second-order valence-electron chi connectivity index (χ2n) is 4.61. The van der Waals surface area contributed by atoms with E-state index in [1.165, 1.54) is 0 Å². The summed E-state index contributed by atoms with van der Waals surface area (Å²) in [7, 11) is 0. The predicted molar refractivity (Wildman–Crippen MR) is 82.2 cm³/mol. The van der Waals surface area contributed by atoms with Gasteiger partial charge >= 0.3 is 0 Å². The molecule has 1 aromatic rings. The Hall–Kier alpha value is -0.930. The van der Waals surface area contributed by atoms with Crippen molar-refractivity contribution in [1.82, 2.24) is 0 Å². The summed E-state index contributed by atoms with van der Waals surface area (Å²) >= 11 is 12.0. The predicted octanol–water partition coefficient (Wildman–Crippen LogP) is 4.47. The van der Waals surface area contributed by atoms with Gasteiger partial charge in [0, 0.05) is 11.2 Å². The molecule has 106 valence electrons. The van der Waals surface area contributed by atoms with Crippen LogP contribution in [0.3, 0.4) is 0 Å². The molecule has 0 unspecified atom stereocenters. The largest absolute Gasteiger partial charge is 0.379 e. The molecule has 3 nitrogen and oxygen atoms in total. The van der Waals surface area contributed by atoms with Gasteiger partial charge in [-0.05, 0) is 31.4 Å². The maximum atomic E-state index is 11.6. The monoisotopic (exact) mass is 302 g/mol. The highest BCUT2D eigenvalue weighted by Crippen LogP contribution is 2.34. The Morgan fingerprint density at radius 1 is 1.21 bits per heavy atom. The zero-order chi connectivity index (χ0) is 14.6. The second kappa shape index (κ2) is 6.49. The van der Waals surface area contributed by atoms with Crippen LogP contribution in [0.4, 0.5) is 5.69 Å². The number of hydrogen-bond donors (Lipinski definition) is 2. The van der Waals surface area contributed by atoms with Gasteiger partial charge in [0.05, 0.1) is 15.6 Å². The van der Waals surface area contributed by atoms with Gasteiger partial charge in [-0.2, -0.15) is 0 Å². The molecule has 0 heterocycles. The maximum absolute atomic E-state index is 11.6. The van der Waals surface area contributed by atoms with E-state index >= 15 is 0 Å². The molecule has 1 amide bonds. The molecular weight excluding hydrogens is 283 g/mol. The van der Waals surface area contributed by atoms with Gasteiger partial charge in [-0.15, -0.1) is 0 Å². The minimum atomic E-state index is -0.577. The molecule has 0 radical (unpaired) electrons. The minimum absolute atomic E-state index is 0.0681. The van der Waals surface area contributed by atoms with Crippen molar-refractivity contribution in [3.63, 3.8) is 0 Å². The summed E-state index contributed by atoms with van der Waals surface area (Å²) in [5.74, 6) is -0.577. The van der Waals surface area contributed by atoms with Gasteiger partial charge in [0.2, 0.25) is 0 Å². The molecule has 0 saturated heterocycles. The van der Waals surface area contributed by atoms with E-state index in [9.17, 15) is 4.79 Å². The molecule has 0 saturated carbocycles. The van der Waals surface area contributed by atoms with Crippen LogP contribution in [-0.4, -0.2) is 11.4 Å². The quantitative estimate of drug-likeness (QED) is 0.814. The fraction of sp³-hybridized carbons (Fsp3) is 0.500. The van der Waals surface area contributed by atoms with E-state index in [1.54, 1.807) is 12.1 Å². The molecule has 1 aromatic carbocycles. The lowest BCUT2D eigenvalue weighted by Gasteiger charge is -2.33. The molecule has 0 spiro atoms. The molecule has 0 fully saturated rings. The first-order valence-electron chi connectivity index (χ1n) is 6.46.